The van der Waals surface area contributed by atoms with Crippen LogP contribution in [0.15, 0.2) is 55.0 Å². The quantitative estimate of drug-likeness (QED) is 0.111. The van der Waals surface area contributed by atoms with E-state index in [1.807, 2.05) is 12.1 Å². The fourth-order valence-electron chi connectivity index (χ4n) is 8.65. The Bertz CT molecular complexity index is 1740. The molecular weight excluding hydrogens is 938 g/mol. The number of hydrogen-bond acceptors (Lipinski definition) is 17. The molecule has 3 N–H and O–H groups in total. The molecule has 358 valence electrons. The summed E-state index contributed by atoms with van der Waals surface area (Å²) in [7, 11) is 0. The van der Waals surface area contributed by atoms with Crippen molar-refractivity contribution in [3.05, 3.63) is 87.8 Å². The molecule has 0 bridgehead atoms. The van der Waals surface area contributed by atoms with Gasteiger partial charge in [-0.05, 0) is 75.9 Å². The molecule has 0 saturated carbocycles. The van der Waals surface area contributed by atoms with Crippen LogP contribution in [0.4, 0.5) is 28.7 Å². The summed E-state index contributed by atoms with van der Waals surface area (Å²) in [6.45, 7) is 18.3. The Morgan fingerprint density at radius 1 is 0.562 bits per heavy atom. The molecule has 3 aromatic rings. The number of hydrogen-bond donors (Lipinski definition) is 2. The maximum absolute atomic E-state index is 10.6. The van der Waals surface area contributed by atoms with Crippen molar-refractivity contribution < 1.29 is 44.5 Å². The topological polar surface area (TPSA) is 207 Å². The van der Waals surface area contributed by atoms with Gasteiger partial charge in [0.1, 0.15) is 29.2 Å². The average Bonchev–Trinajstić information content (AvgIpc) is 3.34. The van der Waals surface area contributed by atoms with Crippen LogP contribution < -0.4 is 20.9 Å². The van der Waals surface area contributed by atoms with Gasteiger partial charge >= 0.3 is 0 Å². The maximum atomic E-state index is 10.6. The Labute approximate surface area is 396 Å². The zero-order valence-corrected chi connectivity index (χ0v) is 39.3. The maximum Gasteiger partial charge on any atom is 0.287 e. The van der Waals surface area contributed by atoms with Crippen molar-refractivity contribution in [2.45, 2.75) is 56.7 Å². The fourth-order valence-corrected chi connectivity index (χ4v) is 8.77. The smallest absolute Gasteiger partial charge is 0.287 e. The third-order valence-electron chi connectivity index (χ3n) is 12.2. The summed E-state index contributed by atoms with van der Waals surface area (Å²) >= 11 is 5.38. The number of aromatic nitrogens is 3. The summed E-state index contributed by atoms with van der Waals surface area (Å²) in [5, 5.41) is 24.3. The van der Waals surface area contributed by atoms with E-state index in [1.54, 1.807) is 12.3 Å². The Kier molecular flexibility index (Phi) is 23.5. The summed E-state index contributed by atoms with van der Waals surface area (Å²) in [5.74, 6) is 1.88. The van der Waals surface area contributed by atoms with E-state index in [-0.39, 0.29) is 44.4 Å². The molecule has 0 atom stereocenters. The molecule has 3 aromatic heterocycles. The minimum Gasteiger partial charge on any atom is -0.397 e. The summed E-state index contributed by atoms with van der Waals surface area (Å²) < 4.78 is 16.1. The van der Waals surface area contributed by atoms with Gasteiger partial charge in [-0.2, -0.15) is 0 Å². The average molecular weight is 1000 g/mol. The van der Waals surface area contributed by atoms with Crippen molar-refractivity contribution in [2.75, 3.05) is 134 Å². The second-order valence-electron chi connectivity index (χ2n) is 16.0. The Morgan fingerprint density at radius 2 is 0.938 bits per heavy atom. The van der Waals surface area contributed by atoms with Gasteiger partial charge in [0.15, 0.2) is 0 Å². The molecule has 0 spiro atoms. The van der Waals surface area contributed by atoms with E-state index in [0.717, 1.165) is 147 Å². The normalized spacial score (nSPS) is 20.6. The third-order valence-corrected chi connectivity index (χ3v) is 12.4. The van der Waals surface area contributed by atoms with Crippen LogP contribution in [0.2, 0.25) is 5.15 Å². The summed E-state index contributed by atoms with van der Waals surface area (Å²) in [6.07, 6.45) is 11.5. The first-order chi connectivity index (χ1) is 30.2. The van der Waals surface area contributed by atoms with E-state index >= 15 is 0 Å². The van der Waals surface area contributed by atoms with Gasteiger partial charge in [-0.1, -0.05) is 11.6 Å². The van der Waals surface area contributed by atoms with Gasteiger partial charge in [0.05, 0.1) is 61.4 Å². The van der Waals surface area contributed by atoms with Gasteiger partial charge in [-0.25, -0.2) is 15.0 Å². The van der Waals surface area contributed by atoms with Crippen molar-refractivity contribution in [2.24, 2.45) is 0 Å². The number of nitrogens with zero attached hydrogens (tertiary/aromatic N) is 10. The van der Waals surface area contributed by atoms with Crippen LogP contribution in [-0.2, 0) is 34.6 Å². The Morgan fingerprint density at radius 3 is 1.28 bits per heavy atom. The molecule has 0 unspecified atom stereocenters. The first kappa shape index (κ1) is 52.9. The first-order valence-corrected chi connectivity index (χ1v) is 22.3. The summed E-state index contributed by atoms with van der Waals surface area (Å²) in [6, 6.07) is 12.1. The number of nitrogens with two attached hydrogens (primary N) is 1. The molecule has 6 fully saturated rings. The summed E-state index contributed by atoms with van der Waals surface area (Å²) in [4.78, 5) is 44.1. The van der Waals surface area contributed by atoms with E-state index in [9.17, 15) is 20.2 Å². The molecule has 19 nitrogen and oxygen atoms in total. The van der Waals surface area contributed by atoms with Crippen LogP contribution in [0, 0.1) is 27.7 Å². The van der Waals surface area contributed by atoms with E-state index in [2.05, 4.69) is 44.8 Å². The van der Waals surface area contributed by atoms with E-state index in [4.69, 9.17) is 31.5 Å². The zero-order valence-electron chi connectivity index (χ0n) is 37.0. The minimum atomic E-state index is -0.524. The minimum absolute atomic E-state index is 0. The molecule has 0 radical (unpaired) electrons. The van der Waals surface area contributed by atoms with Crippen LogP contribution in [0.3, 0.4) is 0 Å². The van der Waals surface area contributed by atoms with Crippen molar-refractivity contribution in [3.63, 3.8) is 0 Å². The molecule has 0 amide bonds. The molecule has 64 heavy (non-hydrogen) atoms. The van der Waals surface area contributed by atoms with Gasteiger partial charge < -0.3 is 42.5 Å². The fraction of sp³-hybridized carbons (Fsp3) is 0.628. The standard InChI is InChI=1S/C14H20N4O3.C14H22N4O.C9H18N2O.C5H3ClN2O2.CH3.Pd/c19-18(20)13-1-2-14(15-11-13)17-5-3-12(4-6-17)16-7-9-21-10-8-16;15-12-1-2-14(16-11-12)18-5-3-13(4-6-18)17-7-9-19-10-8-17;1-3-10-4-2-9(1)11-5-7-12-8-6-11;6-5-2-1-4(3-7-5)8(9)10;;/h1-2,11-12H,3-10H2;1-2,11,13H,3-10,15H2;9-10H,1-8H2;1-3H;1H3;/q;;;;-1;. The number of nitro groups is 2. The predicted octanol–water partition coefficient (Wildman–Crippen LogP) is 4.42. The molecule has 9 heterocycles. The van der Waals surface area contributed by atoms with Crippen molar-refractivity contribution >= 4 is 40.3 Å². The molecule has 0 aliphatic carbocycles. The Hall–Kier alpha value is -3.68. The second kappa shape index (κ2) is 28.4. The van der Waals surface area contributed by atoms with Crippen molar-refractivity contribution in [1.82, 2.24) is 35.0 Å². The van der Waals surface area contributed by atoms with Crippen LogP contribution in [0.1, 0.15) is 38.5 Å². The molecule has 0 aromatic carbocycles. The molecule has 6 saturated heterocycles. The second-order valence-corrected chi connectivity index (χ2v) is 16.4. The van der Waals surface area contributed by atoms with Gasteiger partial charge in [0.2, 0.25) is 0 Å². The SMILES string of the molecule is C1CC(N2CCOCC2)CCN1.Nc1ccc(N2CCC(N3CCOCC3)CC2)nc1.O=[N+]([O-])c1ccc(Cl)nc1.O=[N+]([O-])c1ccc(N2CCC(N3CCOCC3)CC2)nc1.[CH3-].[Pd]. The number of halogens is 1. The zero-order chi connectivity index (χ0) is 43.5. The number of nitrogens with one attached hydrogen (secondary N) is 1. The molecule has 21 heteroatoms. The molecular formula is C43H66ClN12O7Pd-. The van der Waals surface area contributed by atoms with Crippen molar-refractivity contribution in [3.8, 4) is 0 Å². The number of piperidine rings is 3. The van der Waals surface area contributed by atoms with E-state index < -0.39 is 9.85 Å². The number of morpholine rings is 3. The number of ether oxygens (including phenoxy) is 3. The summed E-state index contributed by atoms with van der Waals surface area (Å²) in [5.41, 5.74) is 6.40. The van der Waals surface area contributed by atoms with Crippen LogP contribution in [-0.4, -0.2) is 176 Å². The monoisotopic (exact) mass is 1000 g/mol. The molecule has 6 aliphatic rings. The molecule has 9 rings (SSSR count). The van der Waals surface area contributed by atoms with Gasteiger partial charge in [-0.3, -0.25) is 34.9 Å². The van der Waals surface area contributed by atoms with E-state index in [0.29, 0.717) is 12.1 Å². The number of rotatable bonds is 7. The number of nitrogen functional groups attached to an aromatic ring is 1. The van der Waals surface area contributed by atoms with Crippen molar-refractivity contribution in [1.29, 1.82) is 0 Å². The first-order valence-electron chi connectivity index (χ1n) is 22.0. The van der Waals surface area contributed by atoms with Gasteiger partial charge in [-0.15, -0.1) is 0 Å². The predicted molar refractivity (Wildman–Crippen MR) is 245 cm³/mol. The van der Waals surface area contributed by atoms with Crippen LogP contribution in [0.25, 0.3) is 0 Å². The Balaban J connectivity index is 0.000000193. The number of anilines is 3. The van der Waals surface area contributed by atoms with Crippen LogP contribution in [0.5, 0.6) is 0 Å². The third kappa shape index (κ3) is 17.0. The molecule has 6 aliphatic heterocycles. The van der Waals surface area contributed by atoms with Crippen LogP contribution >= 0.6 is 11.6 Å². The largest absolute Gasteiger partial charge is 0.397 e. The van der Waals surface area contributed by atoms with Gasteiger partial charge in [0.25, 0.3) is 11.4 Å². The number of pyridine rings is 3. The van der Waals surface area contributed by atoms with E-state index in [1.165, 1.54) is 63.2 Å². The van der Waals surface area contributed by atoms with Gasteiger partial charge in [0, 0.05) is 116 Å².